The fourth-order valence-corrected chi connectivity index (χ4v) is 1.70. The number of aromatic amines is 1. The van der Waals surface area contributed by atoms with Gasteiger partial charge in [-0.25, -0.2) is 4.98 Å². The van der Waals surface area contributed by atoms with Gasteiger partial charge in [0.05, 0.1) is 19.8 Å². The third-order valence-corrected chi connectivity index (χ3v) is 2.44. The molecule has 7 N–H and O–H groups in total. The first-order valence-corrected chi connectivity index (χ1v) is 5.45. The quantitative estimate of drug-likeness (QED) is 0.407. The summed E-state index contributed by atoms with van der Waals surface area (Å²) in [7, 11) is 0. The third-order valence-electron chi connectivity index (χ3n) is 2.44. The van der Waals surface area contributed by atoms with Crippen LogP contribution in [-0.4, -0.2) is 49.6 Å². The van der Waals surface area contributed by atoms with E-state index < -0.39 is 18.4 Å². The van der Waals surface area contributed by atoms with Gasteiger partial charge in [-0.05, 0) is 0 Å². The van der Waals surface area contributed by atoms with E-state index in [1.54, 1.807) is 0 Å². The van der Waals surface area contributed by atoms with Crippen molar-refractivity contribution in [1.29, 1.82) is 0 Å². The van der Waals surface area contributed by atoms with Crippen LogP contribution in [0.15, 0.2) is 4.79 Å². The van der Waals surface area contributed by atoms with Crippen LogP contribution in [0.4, 0.5) is 11.9 Å². The minimum atomic E-state index is -0.911. The smallest absolute Gasteiger partial charge is 0.280 e. The van der Waals surface area contributed by atoms with Gasteiger partial charge in [0.2, 0.25) is 11.9 Å². The van der Waals surface area contributed by atoms with E-state index in [1.165, 1.54) is 4.57 Å². The number of anilines is 2. The molecule has 2 heterocycles. The summed E-state index contributed by atoms with van der Waals surface area (Å²) in [4.78, 5) is 21.7. The van der Waals surface area contributed by atoms with Crippen LogP contribution in [0.1, 0.15) is 6.23 Å². The highest BCUT2D eigenvalue weighted by atomic mass is 16.5. The highest BCUT2D eigenvalue weighted by Crippen LogP contribution is 2.20. The molecule has 0 bridgehead atoms. The van der Waals surface area contributed by atoms with Crippen LogP contribution < -0.4 is 17.0 Å². The number of nitrogens with zero attached hydrogens (tertiary/aromatic N) is 3. The molecule has 0 amide bonds. The number of hydrogen-bond donors (Lipinski definition) is 5. The maximum atomic E-state index is 11.6. The van der Waals surface area contributed by atoms with Crippen molar-refractivity contribution in [3.8, 4) is 0 Å². The average Bonchev–Trinajstić information content (AvgIpc) is 2.68. The van der Waals surface area contributed by atoms with Gasteiger partial charge >= 0.3 is 0 Å². The molecule has 2 rings (SSSR count). The molecule has 10 heteroatoms. The molecule has 10 nitrogen and oxygen atoms in total. The van der Waals surface area contributed by atoms with Crippen LogP contribution in [0.5, 0.6) is 0 Å². The van der Waals surface area contributed by atoms with Crippen LogP contribution in [0, 0.1) is 0 Å². The summed E-state index contributed by atoms with van der Waals surface area (Å²) in [5.74, 6) is -0.145. The summed E-state index contributed by atoms with van der Waals surface area (Å²) in [5.41, 5.74) is 10.7. The number of aliphatic hydroxyl groups excluding tert-OH is 2. The lowest BCUT2D eigenvalue weighted by molar-refractivity contribution is -0.0432. The van der Waals surface area contributed by atoms with Crippen molar-refractivity contribution in [3.63, 3.8) is 0 Å². The van der Waals surface area contributed by atoms with Crippen molar-refractivity contribution in [2.75, 3.05) is 31.3 Å². The van der Waals surface area contributed by atoms with Crippen LogP contribution in [0.3, 0.4) is 0 Å². The SMILES string of the molecule is Nc1nc2c(nc(N)n2C(CO)OCCO)c(=O)[nH]1. The summed E-state index contributed by atoms with van der Waals surface area (Å²) >= 11 is 0. The molecule has 0 spiro atoms. The fourth-order valence-electron chi connectivity index (χ4n) is 1.70. The standard InChI is InChI=1S/C9H14N6O4/c10-8-13-6-5(7(18)14-8)12-9(11)15(6)4(3-17)19-2-1-16/h4,16-17H,1-3H2,(H2,11,12)(H3,10,13,14,18). The molecule has 19 heavy (non-hydrogen) atoms. The highest BCUT2D eigenvalue weighted by molar-refractivity contribution is 5.74. The summed E-state index contributed by atoms with van der Waals surface area (Å²) < 4.78 is 6.45. The number of nitrogens with two attached hydrogens (primary N) is 2. The molecule has 0 radical (unpaired) electrons. The first kappa shape index (κ1) is 13.3. The average molecular weight is 270 g/mol. The Morgan fingerprint density at radius 2 is 2.11 bits per heavy atom. The Kier molecular flexibility index (Phi) is 3.64. The van der Waals surface area contributed by atoms with E-state index in [0.29, 0.717) is 0 Å². The summed E-state index contributed by atoms with van der Waals surface area (Å²) in [6.45, 7) is -0.660. The molecule has 0 fully saturated rings. The number of H-pyrrole nitrogens is 1. The molecular formula is C9H14N6O4. The lowest BCUT2D eigenvalue weighted by atomic mass is 10.5. The van der Waals surface area contributed by atoms with Gasteiger partial charge in [0, 0.05) is 0 Å². The Labute approximate surface area is 106 Å². The second kappa shape index (κ2) is 5.22. The maximum Gasteiger partial charge on any atom is 0.280 e. The highest BCUT2D eigenvalue weighted by Gasteiger charge is 2.20. The number of imidazole rings is 1. The van der Waals surface area contributed by atoms with Crippen molar-refractivity contribution in [2.45, 2.75) is 6.23 Å². The van der Waals surface area contributed by atoms with Crippen molar-refractivity contribution in [2.24, 2.45) is 0 Å². The Morgan fingerprint density at radius 3 is 2.74 bits per heavy atom. The third kappa shape index (κ3) is 2.36. The molecule has 0 aliphatic heterocycles. The predicted molar refractivity (Wildman–Crippen MR) is 66.1 cm³/mol. The van der Waals surface area contributed by atoms with Gasteiger partial charge in [0.25, 0.3) is 5.56 Å². The van der Waals surface area contributed by atoms with Crippen LogP contribution in [0.25, 0.3) is 11.2 Å². The van der Waals surface area contributed by atoms with Gasteiger partial charge < -0.3 is 26.4 Å². The van der Waals surface area contributed by atoms with E-state index in [2.05, 4.69) is 15.0 Å². The van der Waals surface area contributed by atoms with Crippen molar-refractivity contribution >= 4 is 23.1 Å². The second-order valence-electron chi connectivity index (χ2n) is 3.70. The van der Waals surface area contributed by atoms with E-state index in [0.717, 1.165) is 0 Å². The van der Waals surface area contributed by atoms with E-state index in [1.807, 2.05) is 0 Å². The largest absolute Gasteiger partial charge is 0.394 e. The molecule has 1 unspecified atom stereocenters. The van der Waals surface area contributed by atoms with E-state index in [-0.39, 0.29) is 36.3 Å². The van der Waals surface area contributed by atoms with Gasteiger partial charge in [-0.2, -0.15) is 4.98 Å². The summed E-state index contributed by atoms with van der Waals surface area (Å²) in [5, 5.41) is 18.0. The Bertz CT molecular complexity index is 635. The number of ether oxygens (including phenoxy) is 1. The molecule has 0 aliphatic carbocycles. The maximum absolute atomic E-state index is 11.6. The topological polar surface area (TPSA) is 165 Å². The predicted octanol–water partition coefficient (Wildman–Crippen LogP) is -2.22. The zero-order valence-electron chi connectivity index (χ0n) is 9.91. The summed E-state index contributed by atoms with van der Waals surface area (Å²) in [6, 6.07) is 0. The number of rotatable bonds is 5. The molecule has 0 aliphatic rings. The molecular weight excluding hydrogens is 256 g/mol. The van der Waals surface area contributed by atoms with E-state index >= 15 is 0 Å². The summed E-state index contributed by atoms with van der Waals surface area (Å²) in [6.07, 6.45) is -0.911. The molecule has 1 atom stereocenters. The molecule has 0 saturated carbocycles. The van der Waals surface area contributed by atoms with Crippen molar-refractivity contribution in [1.82, 2.24) is 19.5 Å². The Morgan fingerprint density at radius 1 is 1.37 bits per heavy atom. The minimum absolute atomic E-state index is 0.00208. The number of fused-ring (bicyclic) bond motifs is 1. The number of nitrogen functional groups attached to an aromatic ring is 2. The molecule has 2 aromatic heterocycles. The first-order valence-electron chi connectivity index (χ1n) is 5.45. The minimum Gasteiger partial charge on any atom is -0.394 e. The lowest BCUT2D eigenvalue weighted by Crippen LogP contribution is -2.21. The van der Waals surface area contributed by atoms with Crippen LogP contribution in [-0.2, 0) is 4.74 Å². The number of aliphatic hydroxyl groups is 2. The van der Waals surface area contributed by atoms with Gasteiger partial charge in [-0.3, -0.25) is 14.3 Å². The van der Waals surface area contributed by atoms with Gasteiger partial charge in [0.1, 0.15) is 0 Å². The van der Waals surface area contributed by atoms with Crippen LogP contribution >= 0.6 is 0 Å². The monoisotopic (exact) mass is 270 g/mol. The fraction of sp³-hybridized carbons (Fsp3) is 0.444. The second-order valence-corrected chi connectivity index (χ2v) is 3.70. The van der Waals surface area contributed by atoms with Crippen molar-refractivity contribution < 1.29 is 14.9 Å². The van der Waals surface area contributed by atoms with E-state index in [4.69, 9.17) is 21.3 Å². The molecule has 2 aromatic rings. The van der Waals surface area contributed by atoms with E-state index in [9.17, 15) is 9.90 Å². The zero-order valence-corrected chi connectivity index (χ0v) is 9.91. The van der Waals surface area contributed by atoms with Gasteiger partial charge in [-0.1, -0.05) is 0 Å². The Hall–Kier alpha value is -2.17. The number of hydrogen-bond acceptors (Lipinski definition) is 8. The lowest BCUT2D eigenvalue weighted by Gasteiger charge is -2.17. The number of aromatic nitrogens is 4. The first-order chi connectivity index (χ1) is 9.08. The molecule has 104 valence electrons. The van der Waals surface area contributed by atoms with Crippen LogP contribution in [0.2, 0.25) is 0 Å². The zero-order chi connectivity index (χ0) is 14.0. The normalized spacial score (nSPS) is 12.9. The van der Waals surface area contributed by atoms with Gasteiger partial charge in [-0.15, -0.1) is 0 Å². The van der Waals surface area contributed by atoms with Gasteiger partial charge in [0.15, 0.2) is 17.4 Å². The Balaban J connectivity index is 2.58. The van der Waals surface area contributed by atoms with Crippen molar-refractivity contribution in [3.05, 3.63) is 10.4 Å². The molecule has 0 saturated heterocycles. The number of nitrogens with one attached hydrogen (secondary N) is 1. The molecule has 0 aromatic carbocycles.